The van der Waals surface area contributed by atoms with E-state index in [-0.39, 0.29) is 5.82 Å². The van der Waals surface area contributed by atoms with Gasteiger partial charge in [0.25, 0.3) is 5.56 Å². The van der Waals surface area contributed by atoms with E-state index in [2.05, 4.69) is 15.5 Å². The van der Waals surface area contributed by atoms with E-state index in [0.29, 0.717) is 16.7 Å². The van der Waals surface area contributed by atoms with E-state index in [9.17, 15) is 14.4 Å². The first kappa shape index (κ1) is 13.8. The number of aromatic amines is 1. The summed E-state index contributed by atoms with van der Waals surface area (Å²) in [5.41, 5.74) is -0.734. The van der Waals surface area contributed by atoms with E-state index in [0.717, 1.165) is 4.57 Å². The number of H-pyrrole nitrogens is 1. The second kappa shape index (κ2) is 5.32. The zero-order chi connectivity index (χ0) is 15.7. The number of hydrogen-bond donors (Lipinski definition) is 2. The lowest BCUT2D eigenvalue weighted by atomic mass is 10.2. The van der Waals surface area contributed by atoms with Crippen LogP contribution in [0.25, 0.3) is 10.9 Å². The summed E-state index contributed by atoms with van der Waals surface area (Å²) < 4.78 is 5.66. The van der Waals surface area contributed by atoms with Crippen LogP contribution >= 0.6 is 0 Å². The third kappa shape index (κ3) is 2.53. The topological polar surface area (TPSA) is 110 Å². The Hall–Kier alpha value is -3.16. The lowest BCUT2D eigenvalue weighted by Crippen LogP contribution is -2.38. The number of amides is 1. The number of nitrogens with zero attached hydrogens (tertiary/aromatic N) is 2. The average Bonchev–Trinajstić information content (AvgIpc) is 2.88. The molecular formula is C14H12N4O4. The number of para-hydroxylation sites is 1. The molecule has 0 radical (unpaired) electrons. The first-order valence-electron chi connectivity index (χ1n) is 6.49. The van der Waals surface area contributed by atoms with Crippen LogP contribution in [0.1, 0.15) is 5.76 Å². The molecule has 3 rings (SSSR count). The molecule has 1 amide bonds. The minimum atomic E-state index is -0.643. The lowest BCUT2D eigenvalue weighted by molar-refractivity contribution is -0.116. The number of aryl methyl sites for hydroxylation is 1. The van der Waals surface area contributed by atoms with Crippen molar-refractivity contribution in [3.05, 3.63) is 56.9 Å². The number of benzene rings is 1. The van der Waals surface area contributed by atoms with E-state index >= 15 is 0 Å². The predicted octanol–water partition coefficient (Wildman–Crippen LogP) is 0.625. The Morgan fingerprint density at radius 1 is 1.36 bits per heavy atom. The van der Waals surface area contributed by atoms with Gasteiger partial charge in [-0.25, -0.2) is 4.79 Å². The first-order valence-corrected chi connectivity index (χ1v) is 6.49. The van der Waals surface area contributed by atoms with Gasteiger partial charge in [-0.2, -0.15) is 0 Å². The highest BCUT2D eigenvalue weighted by Crippen LogP contribution is 2.07. The molecule has 3 aromatic rings. The standard InChI is InChI=1S/C14H12N4O4/c1-8-6-11(17-22-8)16-12(19)7-18-13(20)9-4-2-3-5-10(9)15-14(18)21/h2-6H,7H2,1H3,(H,15,21)(H,16,17,19). The molecule has 0 unspecified atom stereocenters. The van der Waals surface area contributed by atoms with Crippen LogP contribution in [0.3, 0.4) is 0 Å². The van der Waals surface area contributed by atoms with Gasteiger partial charge < -0.3 is 14.8 Å². The highest BCUT2D eigenvalue weighted by Gasteiger charge is 2.12. The predicted molar refractivity (Wildman–Crippen MR) is 78.7 cm³/mol. The first-order chi connectivity index (χ1) is 10.5. The smallest absolute Gasteiger partial charge is 0.329 e. The van der Waals surface area contributed by atoms with Crippen LogP contribution in [0.5, 0.6) is 0 Å². The molecule has 0 fully saturated rings. The molecule has 0 saturated heterocycles. The minimum Gasteiger partial charge on any atom is -0.360 e. The maximum Gasteiger partial charge on any atom is 0.329 e. The van der Waals surface area contributed by atoms with Crippen LogP contribution in [0.4, 0.5) is 5.82 Å². The minimum absolute atomic E-state index is 0.229. The van der Waals surface area contributed by atoms with Gasteiger partial charge in [-0.1, -0.05) is 17.3 Å². The van der Waals surface area contributed by atoms with Gasteiger partial charge in [0.15, 0.2) is 5.82 Å². The molecule has 0 spiro atoms. The van der Waals surface area contributed by atoms with E-state index in [1.807, 2.05) is 0 Å². The summed E-state index contributed by atoms with van der Waals surface area (Å²) in [7, 11) is 0. The number of rotatable bonds is 3. The number of hydrogen-bond acceptors (Lipinski definition) is 5. The van der Waals surface area contributed by atoms with Crippen LogP contribution in [0, 0.1) is 6.92 Å². The highest BCUT2D eigenvalue weighted by molar-refractivity contribution is 5.89. The second-order valence-corrected chi connectivity index (χ2v) is 4.74. The van der Waals surface area contributed by atoms with Crippen molar-refractivity contribution in [3.63, 3.8) is 0 Å². The van der Waals surface area contributed by atoms with Gasteiger partial charge in [-0.05, 0) is 19.1 Å². The van der Waals surface area contributed by atoms with Crippen LogP contribution in [0.2, 0.25) is 0 Å². The number of carbonyl (C=O) groups excluding carboxylic acids is 1. The molecule has 2 aromatic heterocycles. The van der Waals surface area contributed by atoms with E-state index in [1.54, 1.807) is 31.2 Å². The molecule has 8 nitrogen and oxygen atoms in total. The zero-order valence-corrected chi connectivity index (χ0v) is 11.6. The molecule has 1 aromatic carbocycles. The Balaban J connectivity index is 1.92. The van der Waals surface area contributed by atoms with Crippen molar-refractivity contribution in [2.75, 3.05) is 5.32 Å². The molecule has 22 heavy (non-hydrogen) atoms. The number of fused-ring (bicyclic) bond motifs is 1. The fourth-order valence-corrected chi connectivity index (χ4v) is 2.09. The normalized spacial score (nSPS) is 10.8. The Bertz CT molecular complexity index is 967. The average molecular weight is 300 g/mol. The number of carbonyl (C=O) groups is 1. The van der Waals surface area contributed by atoms with Gasteiger partial charge in [0.1, 0.15) is 12.3 Å². The van der Waals surface area contributed by atoms with Crippen molar-refractivity contribution < 1.29 is 9.32 Å². The summed E-state index contributed by atoms with van der Waals surface area (Å²) in [6.45, 7) is 1.27. The quantitative estimate of drug-likeness (QED) is 0.737. The zero-order valence-electron chi connectivity index (χ0n) is 11.6. The maximum absolute atomic E-state index is 12.3. The van der Waals surface area contributed by atoms with Crippen molar-refractivity contribution in [1.82, 2.24) is 14.7 Å². The summed E-state index contributed by atoms with van der Waals surface area (Å²) in [4.78, 5) is 38.7. The highest BCUT2D eigenvalue weighted by atomic mass is 16.5. The van der Waals surface area contributed by atoms with Gasteiger partial charge in [-0.3, -0.25) is 14.2 Å². The maximum atomic E-state index is 12.3. The lowest BCUT2D eigenvalue weighted by Gasteiger charge is -2.05. The van der Waals surface area contributed by atoms with Crippen molar-refractivity contribution in [2.45, 2.75) is 13.5 Å². The van der Waals surface area contributed by atoms with Crippen molar-refractivity contribution >= 4 is 22.6 Å². The van der Waals surface area contributed by atoms with Crippen molar-refractivity contribution in [1.29, 1.82) is 0 Å². The molecule has 0 bridgehead atoms. The number of anilines is 1. The molecule has 0 aliphatic heterocycles. The van der Waals surface area contributed by atoms with E-state index < -0.39 is 23.7 Å². The fraction of sp³-hybridized carbons (Fsp3) is 0.143. The van der Waals surface area contributed by atoms with E-state index in [4.69, 9.17) is 4.52 Å². The molecular weight excluding hydrogens is 288 g/mol. The molecule has 0 aliphatic carbocycles. The van der Waals surface area contributed by atoms with Crippen LogP contribution in [-0.2, 0) is 11.3 Å². The Kier molecular flexibility index (Phi) is 3.34. The molecule has 8 heteroatoms. The SMILES string of the molecule is Cc1cc(NC(=O)Cn2c(=O)[nH]c3ccccc3c2=O)no1. The molecule has 112 valence electrons. The summed E-state index contributed by atoms with van der Waals surface area (Å²) in [5, 5.41) is 6.41. The van der Waals surface area contributed by atoms with Gasteiger partial charge >= 0.3 is 5.69 Å². The van der Waals surface area contributed by atoms with Crippen LogP contribution in [0.15, 0.2) is 44.4 Å². The number of aromatic nitrogens is 3. The van der Waals surface area contributed by atoms with Gasteiger partial charge in [0.05, 0.1) is 10.9 Å². The Labute approximate surface area is 123 Å². The van der Waals surface area contributed by atoms with E-state index in [1.165, 1.54) is 6.07 Å². The Morgan fingerprint density at radius 3 is 2.86 bits per heavy atom. The summed E-state index contributed by atoms with van der Waals surface area (Å²) in [6.07, 6.45) is 0. The molecule has 0 atom stereocenters. The molecule has 0 saturated carbocycles. The van der Waals surface area contributed by atoms with Gasteiger partial charge in [-0.15, -0.1) is 0 Å². The van der Waals surface area contributed by atoms with Gasteiger partial charge in [0, 0.05) is 6.07 Å². The van der Waals surface area contributed by atoms with Crippen LogP contribution in [-0.4, -0.2) is 20.6 Å². The molecule has 2 N–H and O–H groups in total. The summed E-state index contributed by atoms with van der Waals surface area (Å²) in [6, 6.07) is 8.14. The fourth-order valence-electron chi connectivity index (χ4n) is 2.09. The van der Waals surface area contributed by atoms with Gasteiger partial charge in [0.2, 0.25) is 5.91 Å². The molecule has 0 aliphatic rings. The second-order valence-electron chi connectivity index (χ2n) is 4.74. The largest absolute Gasteiger partial charge is 0.360 e. The number of nitrogens with one attached hydrogen (secondary N) is 2. The third-order valence-electron chi connectivity index (χ3n) is 3.09. The monoisotopic (exact) mass is 300 g/mol. The summed E-state index contributed by atoms with van der Waals surface area (Å²) in [5.74, 6) is 0.222. The molecule has 2 heterocycles. The third-order valence-corrected chi connectivity index (χ3v) is 3.09. The van der Waals surface area contributed by atoms with Crippen LogP contribution < -0.4 is 16.6 Å². The van der Waals surface area contributed by atoms with Crippen molar-refractivity contribution in [3.8, 4) is 0 Å². The van der Waals surface area contributed by atoms with Crippen molar-refractivity contribution in [2.24, 2.45) is 0 Å². The Morgan fingerprint density at radius 2 is 2.14 bits per heavy atom. The summed E-state index contributed by atoms with van der Waals surface area (Å²) >= 11 is 0.